The number of para-hydroxylation sites is 1. The second kappa shape index (κ2) is 31.0. The van der Waals surface area contributed by atoms with Gasteiger partial charge in [0.2, 0.25) is 5.71 Å². The number of furan rings is 2. The predicted molar refractivity (Wildman–Crippen MR) is 492 cm³/mol. The van der Waals surface area contributed by atoms with Crippen molar-refractivity contribution in [2.75, 3.05) is 0 Å². The molecule has 7 heterocycles. The fourth-order valence-electron chi connectivity index (χ4n) is 16.3. The van der Waals surface area contributed by atoms with Crippen molar-refractivity contribution in [2.24, 2.45) is 0 Å². The van der Waals surface area contributed by atoms with Gasteiger partial charge in [-0.1, -0.05) is 328 Å². The first-order valence-electron chi connectivity index (χ1n) is 40.4. The molecule has 13 heteroatoms. The highest BCUT2D eigenvalue weighted by molar-refractivity contribution is 6.21. The molecule has 0 fully saturated rings. The van der Waals surface area contributed by atoms with E-state index >= 15 is 0 Å². The Hall–Kier alpha value is -16.8. The van der Waals surface area contributed by atoms with E-state index < -0.39 is 0 Å². The predicted octanol–water partition coefficient (Wildman–Crippen LogP) is 27.3. The number of fused-ring (bicyclic) bond motifs is 11. The highest BCUT2D eigenvalue weighted by Gasteiger charge is 2.22. The van der Waals surface area contributed by atoms with Crippen LogP contribution in [0.15, 0.2) is 416 Å². The Morgan fingerprint density at radius 1 is 0.213 bits per heavy atom. The van der Waals surface area contributed by atoms with E-state index in [0.29, 0.717) is 51.8 Å². The molecule has 13 nitrogen and oxygen atoms in total. The van der Waals surface area contributed by atoms with Gasteiger partial charge in [-0.15, -0.1) is 0 Å². The molecule has 16 aromatic carbocycles. The summed E-state index contributed by atoms with van der Waals surface area (Å²) in [6.07, 6.45) is 5.21. The summed E-state index contributed by atoms with van der Waals surface area (Å²) < 4.78 is 12.7. The highest BCUT2D eigenvalue weighted by Crippen LogP contribution is 2.43. The number of aromatic nitrogens is 11. The summed E-state index contributed by atoms with van der Waals surface area (Å²) in [5, 5.41) is 6.15. The van der Waals surface area contributed by atoms with Crippen LogP contribution in [0.4, 0.5) is 0 Å². The zero-order valence-corrected chi connectivity index (χ0v) is 65.4. The van der Waals surface area contributed by atoms with Gasteiger partial charge >= 0.3 is 0 Å². The summed E-state index contributed by atoms with van der Waals surface area (Å²) in [6.45, 7) is 0. The summed E-state index contributed by atoms with van der Waals surface area (Å²) >= 11 is 0. The molecule has 0 spiro atoms. The van der Waals surface area contributed by atoms with E-state index in [4.69, 9.17) is 48.7 Å². The average molecular weight is 1560 g/mol. The Balaban J connectivity index is 0.000000146. The summed E-state index contributed by atoms with van der Waals surface area (Å²) in [4.78, 5) is 52.9. The molecule has 0 aliphatic carbocycles. The van der Waals surface area contributed by atoms with Crippen LogP contribution in [0, 0.1) is 0 Å². The van der Waals surface area contributed by atoms with E-state index in [1.54, 1.807) is 12.5 Å². The Labute approximate surface area is 700 Å². The van der Waals surface area contributed by atoms with E-state index in [9.17, 15) is 0 Å². The minimum atomic E-state index is 0.518. The molecule has 0 saturated carbocycles. The number of benzene rings is 16. The summed E-state index contributed by atoms with van der Waals surface area (Å²) in [5.74, 6) is 3.77. The second-order valence-corrected chi connectivity index (χ2v) is 30.1. The van der Waals surface area contributed by atoms with Crippen molar-refractivity contribution in [3.8, 4) is 157 Å². The molecule has 0 aliphatic rings. The number of rotatable bonds is 14. The first kappa shape index (κ1) is 71.7. The van der Waals surface area contributed by atoms with Crippen molar-refractivity contribution in [1.29, 1.82) is 0 Å². The van der Waals surface area contributed by atoms with Crippen molar-refractivity contribution in [1.82, 2.24) is 54.8 Å². The number of nitrogens with zero attached hydrogens (tertiary/aromatic N) is 11. The van der Waals surface area contributed by atoms with Crippen molar-refractivity contribution in [2.45, 2.75) is 0 Å². The molecule has 0 bridgehead atoms. The normalized spacial score (nSPS) is 11.4. The molecule has 0 amide bonds. The van der Waals surface area contributed by atoms with E-state index in [0.717, 1.165) is 171 Å². The summed E-state index contributed by atoms with van der Waals surface area (Å²) in [7, 11) is 0. The maximum atomic E-state index is 6.51. The third-order valence-corrected chi connectivity index (χ3v) is 22.5. The van der Waals surface area contributed by atoms with Crippen LogP contribution >= 0.6 is 0 Å². The van der Waals surface area contributed by atoms with Gasteiger partial charge in [0.15, 0.2) is 40.6 Å². The van der Waals surface area contributed by atoms with Gasteiger partial charge in [-0.2, -0.15) is 0 Å². The number of pyridine rings is 1. The van der Waals surface area contributed by atoms with Crippen molar-refractivity contribution in [3.63, 3.8) is 0 Å². The summed E-state index contributed by atoms with van der Waals surface area (Å²) in [6, 6.07) is 134. The molecule has 0 saturated heterocycles. The lowest BCUT2D eigenvalue weighted by Gasteiger charge is -2.11. The molecule has 0 aliphatic heterocycles. The topological polar surface area (TPSA) is 168 Å². The van der Waals surface area contributed by atoms with Gasteiger partial charge in [0, 0.05) is 62.1 Å². The largest absolute Gasteiger partial charge is 0.455 e. The zero-order valence-electron chi connectivity index (χ0n) is 65.4. The molecule has 0 unspecified atom stereocenters. The lowest BCUT2D eigenvalue weighted by molar-refractivity contribution is 0.655. The smallest absolute Gasteiger partial charge is 0.247 e. The molecule has 7 aromatic heterocycles. The fourth-order valence-corrected chi connectivity index (χ4v) is 16.3. The molecule has 0 N–H and O–H groups in total. The SMILES string of the molecule is c1ccc(-c2ccc(-c3nc(-c4ccccc4)nc(-c4ccc(-c5cccc(-c6cccc(-c7cc8cncnc8c8c7oc7ccccc78)c6)c5)cc4)n3)cc2)cc1.c1ccc(-c2ccc(-c3nc(-c4ccccc4)nc(-c4cccc(-c5ccc(-c6cccc(-c7ccc8c(ccc9oc%10nc%11cccnc%11nc%10c98)c7)c6)cc5)c4)n3)cc2)cc1. The third-order valence-electron chi connectivity index (χ3n) is 22.5. The maximum Gasteiger partial charge on any atom is 0.247 e. The van der Waals surface area contributed by atoms with Crippen LogP contribution in [-0.2, 0) is 0 Å². The van der Waals surface area contributed by atoms with Gasteiger partial charge in [-0.05, 0) is 155 Å². The number of hydrogen-bond donors (Lipinski definition) is 0. The van der Waals surface area contributed by atoms with Crippen LogP contribution in [0.3, 0.4) is 0 Å². The minimum Gasteiger partial charge on any atom is -0.455 e. The summed E-state index contributed by atoms with van der Waals surface area (Å²) in [5.41, 5.74) is 29.3. The first-order valence-corrected chi connectivity index (χ1v) is 40.4. The zero-order chi connectivity index (χ0) is 80.8. The van der Waals surface area contributed by atoms with Gasteiger partial charge in [0.05, 0.1) is 16.3 Å². The minimum absolute atomic E-state index is 0.518. The monoisotopic (exact) mass is 1560 g/mol. The molecule has 23 aromatic rings. The van der Waals surface area contributed by atoms with Crippen molar-refractivity contribution >= 4 is 77.0 Å². The van der Waals surface area contributed by atoms with E-state index in [2.05, 4.69) is 294 Å². The van der Waals surface area contributed by atoms with Crippen LogP contribution in [-0.4, -0.2) is 54.8 Å². The van der Waals surface area contributed by atoms with Gasteiger partial charge in [0.25, 0.3) is 0 Å². The second-order valence-electron chi connectivity index (χ2n) is 30.1. The van der Waals surface area contributed by atoms with Crippen LogP contribution < -0.4 is 0 Å². The highest BCUT2D eigenvalue weighted by atomic mass is 16.3. The lowest BCUT2D eigenvalue weighted by atomic mass is 9.94. The van der Waals surface area contributed by atoms with Gasteiger partial charge in [-0.25, -0.2) is 54.8 Å². The van der Waals surface area contributed by atoms with Crippen LogP contribution in [0.5, 0.6) is 0 Å². The van der Waals surface area contributed by atoms with E-state index in [-0.39, 0.29) is 0 Å². The van der Waals surface area contributed by atoms with E-state index in [1.165, 1.54) is 11.1 Å². The molecule has 23 rings (SSSR count). The third kappa shape index (κ3) is 13.9. The van der Waals surface area contributed by atoms with Crippen LogP contribution in [0.2, 0.25) is 0 Å². The quantitative estimate of drug-likeness (QED) is 0.101. The molecule has 122 heavy (non-hydrogen) atoms. The molecule has 0 atom stereocenters. The average Bonchev–Trinajstić information content (AvgIpc) is 1.58. The Kier molecular flexibility index (Phi) is 18.2. The van der Waals surface area contributed by atoms with Crippen molar-refractivity contribution < 1.29 is 8.83 Å². The van der Waals surface area contributed by atoms with E-state index in [1.807, 2.05) is 115 Å². The Morgan fingerprint density at radius 3 is 1.11 bits per heavy atom. The number of hydrogen-bond acceptors (Lipinski definition) is 13. The molecule has 570 valence electrons. The molecular weight excluding hydrogens is 1500 g/mol. The van der Waals surface area contributed by atoms with Crippen LogP contribution in [0.25, 0.3) is 234 Å². The maximum absolute atomic E-state index is 6.51. The molecular formula is C109H67N11O2. The first-order chi connectivity index (χ1) is 60.4. The van der Waals surface area contributed by atoms with Gasteiger partial charge in [-0.3, -0.25) is 0 Å². The Bertz CT molecular complexity index is 7910. The van der Waals surface area contributed by atoms with Crippen molar-refractivity contribution in [3.05, 3.63) is 407 Å². The lowest BCUT2D eigenvalue weighted by Crippen LogP contribution is -2.00. The van der Waals surface area contributed by atoms with Gasteiger partial charge < -0.3 is 8.83 Å². The fraction of sp³-hybridized carbons (Fsp3) is 0. The van der Waals surface area contributed by atoms with Crippen LogP contribution in [0.1, 0.15) is 0 Å². The Morgan fingerprint density at radius 2 is 0.598 bits per heavy atom. The van der Waals surface area contributed by atoms with Gasteiger partial charge in [0.1, 0.15) is 34.1 Å². The standard InChI is InChI=1S/C56H34N6O.C53H33N5O/c1-3-10-35(11-4-1)36-23-25-40(26-24-36)53-60-52(39-12-5-2-6-13-39)61-54(62-53)46-17-8-15-42(34-46)38-21-19-37(20-22-38)41-14-7-16-43(32-41)44-27-29-47-45(33-44)28-30-49-50(47)51-56(63-49)58-48-18-9-31-57-55(48)59-51;1-3-11-34(12-4-1)35-21-25-38(26-22-35)52-56-51(37-13-5-2-6-14-37)57-53(58-52)39-27-23-36(24-28-39)40-15-9-16-41(29-40)42-17-10-18-43(30-42)46-31-44-32-54-33-55-49(44)48-45-19-7-8-20-47(45)59-50(46)48/h1-34H;1-33H. The molecule has 0 radical (unpaired) electrons.